The number of piperidine rings is 1. The summed E-state index contributed by atoms with van der Waals surface area (Å²) in [6.45, 7) is 3.44. The Morgan fingerprint density at radius 2 is 2.20 bits per heavy atom. The maximum Gasteiger partial charge on any atom is 0.246 e. The molecule has 128 valence electrons. The van der Waals surface area contributed by atoms with Gasteiger partial charge in [-0.2, -0.15) is 0 Å². The molecule has 0 unspecified atom stereocenters. The second-order valence-electron chi connectivity index (χ2n) is 6.42. The quantitative estimate of drug-likeness (QED) is 0.646. The Balaban J connectivity index is 1.46. The Morgan fingerprint density at radius 1 is 1.32 bits per heavy atom. The first-order valence-corrected chi connectivity index (χ1v) is 9.39. The first-order chi connectivity index (χ1) is 12.2. The van der Waals surface area contributed by atoms with Crippen molar-refractivity contribution < 1.29 is 9.21 Å². The van der Waals surface area contributed by atoms with Gasteiger partial charge in [0, 0.05) is 25.1 Å². The van der Waals surface area contributed by atoms with E-state index in [0.29, 0.717) is 11.7 Å². The normalized spacial score (nSPS) is 18.3. The van der Waals surface area contributed by atoms with Crippen molar-refractivity contribution in [3.63, 3.8) is 0 Å². The number of para-hydroxylation sites is 1. The topological polar surface area (TPSA) is 46.3 Å². The fraction of sp³-hybridized carbons (Fsp3) is 0.300. The third-order valence-corrected chi connectivity index (χ3v) is 5.74. The number of nitrogens with zero attached hydrogens (tertiary/aromatic N) is 2. The summed E-state index contributed by atoms with van der Waals surface area (Å²) in [4.78, 5) is 19.2. The largest absolute Gasteiger partial charge is 0.462 e. The molecule has 0 radical (unpaired) electrons. The monoisotopic (exact) mass is 352 g/mol. The molecule has 3 heterocycles. The number of fused-ring (bicyclic) bond motifs is 1. The number of hydrogen-bond acceptors (Lipinski definition) is 4. The Morgan fingerprint density at radius 3 is 3.00 bits per heavy atom. The Hall–Kier alpha value is -2.40. The number of aryl methyl sites for hydroxylation is 1. The van der Waals surface area contributed by atoms with Gasteiger partial charge in [0.2, 0.25) is 5.91 Å². The molecule has 0 bridgehead atoms. The minimum Gasteiger partial charge on any atom is -0.462 e. The maximum absolute atomic E-state index is 12.5. The van der Waals surface area contributed by atoms with E-state index in [-0.39, 0.29) is 5.91 Å². The van der Waals surface area contributed by atoms with Gasteiger partial charge in [0.25, 0.3) is 0 Å². The van der Waals surface area contributed by atoms with Crippen molar-refractivity contribution in [2.45, 2.75) is 25.7 Å². The van der Waals surface area contributed by atoms with Crippen molar-refractivity contribution in [2.75, 3.05) is 13.1 Å². The molecule has 0 N–H and O–H groups in total. The van der Waals surface area contributed by atoms with E-state index in [0.717, 1.165) is 42.2 Å². The highest BCUT2D eigenvalue weighted by molar-refractivity contribution is 7.18. The van der Waals surface area contributed by atoms with Gasteiger partial charge in [-0.05, 0) is 50.1 Å². The first kappa shape index (κ1) is 16.1. The number of hydrogen-bond donors (Lipinski definition) is 0. The minimum absolute atomic E-state index is 0.0415. The number of benzene rings is 1. The molecule has 4 nitrogen and oxygen atoms in total. The lowest BCUT2D eigenvalue weighted by atomic mass is 9.98. The zero-order valence-corrected chi connectivity index (χ0v) is 15.0. The van der Waals surface area contributed by atoms with Crippen molar-refractivity contribution >= 4 is 33.5 Å². The van der Waals surface area contributed by atoms with Gasteiger partial charge in [0.15, 0.2) is 0 Å². The number of rotatable bonds is 3. The van der Waals surface area contributed by atoms with Crippen LogP contribution >= 0.6 is 11.3 Å². The van der Waals surface area contributed by atoms with Crippen LogP contribution in [0.1, 0.15) is 35.3 Å². The third-order valence-electron chi connectivity index (χ3n) is 4.54. The number of thiazole rings is 1. The summed E-state index contributed by atoms with van der Waals surface area (Å²) < 4.78 is 6.70. The van der Waals surface area contributed by atoms with E-state index < -0.39 is 0 Å². The van der Waals surface area contributed by atoms with E-state index in [9.17, 15) is 4.79 Å². The van der Waals surface area contributed by atoms with Crippen LogP contribution in [-0.4, -0.2) is 28.9 Å². The van der Waals surface area contributed by atoms with Crippen LogP contribution in [0.5, 0.6) is 0 Å². The van der Waals surface area contributed by atoms with Crippen molar-refractivity contribution in [2.24, 2.45) is 0 Å². The van der Waals surface area contributed by atoms with Crippen LogP contribution in [0.3, 0.4) is 0 Å². The zero-order valence-electron chi connectivity index (χ0n) is 14.1. The third kappa shape index (κ3) is 3.51. The van der Waals surface area contributed by atoms with E-state index in [2.05, 4.69) is 12.1 Å². The van der Waals surface area contributed by atoms with Crippen LogP contribution in [0.4, 0.5) is 0 Å². The summed E-state index contributed by atoms with van der Waals surface area (Å²) in [7, 11) is 0. The smallest absolute Gasteiger partial charge is 0.246 e. The molecule has 5 heteroatoms. The summed E-state index contributed by atoms with van der Waals surface area (Å²) in [6, 6.07) is 12.0. The lowest BCUT2D eigenvalue weighted by Gasteiger charge is -2.31. The standard InChI is InChI=1S/C20H20N2O2S/c1-14-8-9-16(24-14)10-11-19(23)22-12-4-5-15(13-22)20-21-17-6-2-3-7-18(17)25-20/h2-3,6-11,15H,4-5,12-13H2,1H3/b11-10+/t15-/m1/s1. The van der Waals surface area contributed by atoms with E-state index >= 15 is 0 Å². The van der Waals surface area contributed by atoms with Crippen molar-refractivity contribution in [3.05, 3.63) is 59.0 Å². The summed E-state index contributed by atoms with van der Waals surface area (Å²) in [5, 5.41) is 1.14. The second-order valence-corrected chi connectivity index (χ2v) is 7.49. The highest BCUT2D eigenvalue weighted by Gasteiger charge is 2.26. The average molecular weight is 352 g/mol. The Bertz CT molecular complexity index is 892. The van der Waals surface area contributed by atoms with E-state index in [4.69, 9.17) is 9.40 Å². The van der Waals surface area contributed by atoms with E-state index in [1.54, 1.807) is 23.5 Å². The number of likely N-dealkylation sites (tertiary alicyclic amines) is 1. The van der Waals surface area contributed by atoms with Gasteiger partial charge in [-0.1, -0.05) is 12.1 Å². The number of carbonyl (C=O) groups excluding carboxylic acids is 1. The van der Waals surface area contributed by atoms with E-state index in [1.807, 2.05) is 36.1 Å². The van der Waals surface area contributed by atoms with Crippen molar-refractivity contribution in [1.29, 1.82) is 0 Å². The fourth-order valence-corrected chi connectivity index (χ4v) is 4.34. The lowest BCUT2D eigenvalue weighted by Crippen LogP contribution is -2.38. The zero-order chi connectivity index (χ0) is 17.2. The lowest BCUT2D eigenvalue weighted by molar-refractivity contribution is -0.127. The molecular formula is C20H20N2O2S. The Kier molecular flexibility index (Phi) is 4.40. The SMILES string of the molecule is Cc1ccc(/C=C/C(=O)N2CCC[C@@H](c3nc4ccccc4s3)C2)o1. The van der Waals surface area contributed by atoms with Crippen LogP contribution < -0.4 is 0 Å². The van der Waals surface area contributed by atoms with Crippen LogP contribution in [-0.2, 0) is 4.79 Å². The van der Waals surface area contributed by atoms with Gasteiger partial charge in [-0.3, -0.25) is 4.79 Å². The highest BCUT2D eigenvalue weighted by Crippen LogP contribution is 2.33. The summed E-state index contributed by atoms with van der Waals surface area (Å²) >= 11 is 1.75. The van der Waals surface area contributed by atoms with E-state index in [1.165, 1.54) is 4.70 Å². The molecule has 4 rings (SSSR count). The molecule has 1 aliphatic rings. The van der Waals surface area contributed by atoms with Crippen LogP contribution in [0, 0.1) is 6.92 Å². The second kappa shape index (κ2) is 6.84. The molecule has 0 aliphatic carbocycles. The van der Waals surface area contributed by atoms with Gasteiger partial charge in [-0.25, -0.2) is 4.98 Å². The first-order valence-electron chi connectivity index (χ1n) is 8.58. The maximum atomic E-state index is 12.5. The number of furan rings is 1. The molecule has 1 aliphatic heterocycles. The highest BCUT2D eigenvalue weighted by atomic mass is 32.1. The molecule has 1 saturated heterocycles. The van der Waals surface area contributed by atoms with Gasteiger partial charge in [-0.15, -0.1) is 11.3 Å². The van der Waals surface area contributed by atoms with Crippen molar-refractivity contribution in [3.8, 4) is 0 Å². The molecule has 1 amide bonds. The molecule has 1 atom stereocenters. The summed E-state index contributed by atoms with van der Waals surface area (Å²) in [5.41, 5.74) is 1.05. The number of aromatic nitrogens is 1. The number of carbonyl (C=O) groups is 1. The predicted octanol–water partition coefficient (Wildman–Crippen LogP) is 4.62. The van der Waals surface area contributed by atoms with Gasteiger partial charge >= 0.3 is 0 Å². The number of amides is 1. The average Bonchev–Trinajstić information content (AvgIpc) is 3.25. The molecule has 0 saturated carbocycles. The molecule has 3 aromatic rings. The summed E-state index contributed by atoms with van der Waals surface area (Å²) in [6.07, 6.45) is 5.46. The molecule has 2 aromatic heterocycles. The molecular weight excluding hydrogens is 332 g/mol. The van der Waals surface area contributed by atoms with Gasteiger partial charge in [0.1, 0.15) is 11.5 Å². The fourth-order valence-electron chi connectivity index (χ4n) is 3.25. The van der Waals surface area contributed by atoms with Crippen molar-refractivity contribution in [1.82, 2.24) is 9.88 Å². The minimum atomic E-state index is 0.0415. The molecule has 1 aromatic carbocycles. The predicted molar refractivity (Wildman–Crippen MR) is 101 cm³/mol. The van der Waals surface area contributed by atoms with Crippen LogP contribution in [0.2, 0.25) is 0 Å². The van der Waals surface area contributed by atoms with Gasteiger partial charge < -0.3 is 9.32 Å². The molecule has 25 heavy (non-hydrogen) atoms. The Labute approximate surface area is 150 Å². The van der Waals surface area contributed by atoms with Crippen LogP contribution in [0.15, 0.2) is 46.9 Å². The van der Waals surface area contributed by atoms with Crippen LogP contribution in [0.25, 0.3) is 16.3 Å². The molecule has 1 fully saturated rings. The summed E-state index contributed by atoms with van der Waals surface area (Å²) in [5.74, 6) is 1.93. The van der Waals surface area contributed by atoms with Gasteiger partial charge in [0.05, 0.1) is 15.2 Å². The molecule has 0 spiro atoms.